The second-order valence-electron chi connectivity index (χ2n) is 11.7. The van der Waals surface area contributed by atoms with Gasteiger partial charge in [0.1, 0.15) is 0 Å². The van der Waals surface area contributed by atoms with Crippen molar-refractivity contribution in [1.29, 1.82) is 0 Å². The monoisotopic (exact) mass is 544 g/mol. The van der Waals surface area contributed by atoms with Crippen LogP contribution in [0.5, 0.6) is 0 Å². The number of hydrogen-bond acceptors (Lipinski definition) is 4. The molecular formula is C35H52N4O. The summed E-state index contributed by atoms with van der Waals surface area (Å²) in [6.45, 7) is 12.8. The van der Waals surface area contributed by atoms with Gasteiger partial charge in [-0.25, -0.2) is 0 Å². The molecule has 0 bridgehead atoms. The highest BCUT2D eigenvalue weighted by atomic mass is 16.1. The number of benzene rings is 3. The number of aryl methyl sites for hydroxylation is 1. The minimum absolute atomic E-state index is 0.0152. The van der Waals surface area contributed by atoms with Gasteiger partial charge in [0.25, 0.3) is 5.91 Å². The van der Waals surface area contributed by atoms with Gasteiger partial charge in [0, 0.05) is 22.7 Å². The van der Waals surface area contributed by atoms with Crippen molar-refractivity contribution in [2.24, 2.45) is 5.73 Å². The maximum absolute atomic E-state index is 13.1. The Kier molecular flexibility index (Phi) is 12.1. The van der Waals surface area contributed by atoms with Crippen molar-refractivity contribution in [3.05, 3.63) is 107 Å². The summed E-state index contributed by atoms with van der Waals surface area (Å²) in [4.78, 5) is 17.5. The fraction of sp³-hybridized carbons (Fsp3) is 0.457. The zero-order chi connectivity index (χ0) is 30.1. The molecule has 3 N–H and O–H groups in total. The molecule has 0 aliphatic rings. The predicted octanol–water partition coefficient (Wildman–Crippen LogP) is 6.92. The Hall–Kier alpha value is -2.99. The molecule has 0 aliphatic heterocycles. The molecule has 0 fully saturated rings. The highest BCUT2D eigenvalue weighted by Gasteiger charge is 2.37. The summed E-state index contributed by atoms with van der Waals surface area (Å²) in [5, 5.41) is 3.31. The van der Waals surface area contributed by atoms with Crippen LogP contribution in [0.2, 0.25) is 0 Å². The SMILES string of the molecule is CCC(C)(C(N)c1ccccc1)N(C)C.CCC(C)(C(NC(=O)c1cccc(C)c1C)c1ccccc1)N(C)C. The van der Waals surface area contributed by atoms with Crippen LogP contribution in [0.1, 0.15) is 85.2 Å². The minimum atomic E-state index is -0.186. The lowest BCUT2D eigenvalue weighted by atomic mass is 9.83. The van der Waals surface area contributed by atoms with Gasteiger partial charge in [-0.05, 0) is 97.0 Å². The maximum Gasteiger partial charge on any atom is 0.252 e. The summed E-state index contributed by atoms with van der Waals surface area (Å²) in [5.41, 5.74) is 11.4. The Labute approximate surface area is 243 Å². The Bertz CT molecular complexity index is 1190. The van der Waals surface area contributed by atoms with Crippen LogP contribution >= 0.6 is 0 Å². The first-order chi connectivity index (χ1) is 18.8. The number of nitrogens with zero attached hydrogens (tertiary/aromatic N) is 2. The first kappa shape index (κ1) is 33.2. The summed E-state index contributed by atoms with van der Waals surface area (Å²) in [6, 6.07) is 26.4. The van der Waals surface area contributed by atoms with E-state index in [2.05, 4.69) is 95.3 Å². The smallest absolute Gasteiger partial charge is 0.252 e. The quantitative estimate of drug-likeness (QED) is 0.291. The van der Waals surface area contributed by atoms with Crippen molar-refractivity contribution in [1.82, 2.24) is 15.1 Å². The van der Waals surface area contributed by atoms with E-state index in [1.165, 1.54) is 5.56 Å². The average Bonchev–Trinajstić information content (AvgIpc) is 2.96. The third kappa shape index (κ3) is 7.60. The van der Waals surface area contributed by atoms with E-state index in [1.54, 1.807) is 0 Å². The molecule has 0 aliphatic carbocycles. The van der Waals surface area contributed by atoms with Gasteiger partial charge in [-0.3, -0.25) is 4.79 Å². The molecule has 0 aromatic heterocycles. The first-order valence-corrected chi connectivity index (χ1v) is 14.4. The Morgan fingerprint density at radius 1 is 0.750 bits per heavy atom. The van der Waals surface area contributed by atoms with E-state index in [9.17, 15) is 4.79 Å². The highest BCUT2D eigenvalue weighted by molar-refractivity contribution is 5.96. The highest BCUT2D eigenvalue weighted by Crippen LogP contribution is 2.33. The van der Waals surface area contributed by atoms with Crippen molar-refractivity contribution in [2.45, 2.75) is 77.5 Å². The molecule has 0 radical (unpaired) electrons. The van der Waals surface area contributed by atoms with Crippen LogP contribution in [0.25, 0.3) is 0 Å². The van der Waals surface area contributed by atoms with E-state index < -0.39 is 0 Å². The van der Waals surface area contributed by atoms with E-state index in [0.717, 1.165) is 35.1 Å². The number of hydrogen-bond donors (Lipinski definition) is 2. The van der Waals surface area contributed by atoms with Crippen LogP contribution in [-0.2, 0) is 0 Å². The van der Waals surface area contributed by atoms with Crippen molar-refractivity contribution in [3.8, 4) is 0 Å². The van der Waals surface area contributed by atoms with Crippen molar-refractivity contribution < 1.29 is 4.79 Å². The molecule has 0 spiro atoms. The van der Waals surface area contributed by atoms with Gasteiger partial charge in [-0.15, -0.1) is 0 Å². The number of nitrogens with one attached hydrogen (secondary N) is 1. The molecule has 1 amide bonds. The second kappa shape index (κ2) is 14.6. The number of carbonyl (C=O) groups is 1. The number of amides is 1. The van der Waals surface area contributed by atoms with Crippen LogP contribution in [0.4, 0.5) is 0 Å². The third-order valence-electron chi connectivity index (χ3n) is 9.18. The van der Waals surface area contributed by atoms with Crippen molar-refractivity contribution >= 4 is 5.91 Å². The Morgan fingerprint density at radius 3 is 1.68 bits per heavy atom. The summed E-state index contributed by atoms with van der Waals surface area (Å²) >= 11 is 0. The summed E-state index contributed by atoms with van der Waals surface area (Å²) in [7, 11) is 8.33. The van der Waals surface area contributed by atoms with Gasteiger partial charge >= 0.3 is 0 Å². The number of carbonyl (C=O) groups excluding carboxylic acids is 1. The lowest BCUT2D eigenvalue weighted by Crippen LogP contribution is -2.52. The molecule has 3 aromatic carbocycles. The van der Waals surface area contributed by atoms with Crippen molar-refractivity contribution in [2.75, 3.05) is 28.2 Å². The predicted molar refractivity (Wildman–Crippen MR) is 171 cm³/mol. The first-order valence-electron chi connectivity index (χ1n) is 14.4. The second-order valence-corrected chi connectivity index (χ2v) is 11.7. The summed E-state index contributed by atoms with van der Waals surface area (Å²) < 4.78 is 0. The Morgan fingerprint density at radius 2 is 1.23 bits per heavy atom. The lowest BCUT2D eigenvalue weighted by molar-refractivity contribution is 0.0790. The normalized spacial score (nSPS) is 15.8. The summed E-state index contributed by atoms with van der Waals surface area (Å²) in [5.74, 6) is -0.0171. The van der Waals surface area contributed by atoms with Crippen LogP contribution in [0, 0.1) is 13.8 Å². The maximum atomic E-state index is 13.1. The minimum Gasteiger partial charge on any atom is -0.343 e. The lowest BCUT2D eigenvalue weighted by Gasteiger charge is -2.43. The molecule has 3 aromatic rings. The fourth-order valence-electron chi connectivity index (χ4n) is 5.06. The molecule has 4 atom stereocenters. The molecule has 40 heavy (non-hydrogen) atoms. The van der Waals surface area contributed by atoms with E-state index in [0.29, 0.717) is 0 Å². The van der Waals surface area contributed by atoms with Gasteiger partial charge in [-0.1, -0.05) is 86.6 Å². The third-order valence-corrected chi connectivity index (χ3v) is 9.18. The van der Waals surface area contributed by atoms with E-state index in [-0.39, 0.29) is 29.1 Å². The number of likely N-dealkylation sites (N-methyl/N-ethyl adjacent to an activating group) is 2. The van der Waals surface area contributed by atoms with Crippen LogP contribution in [0.15, 0.2) is 78.9 Å². The van der Waals surface area contributed by atoms with Crippen LogP contribution in [0.3, 0.4) is 0 Å². The van der Waals surface area contributed by atoms with Gasteiger partial charge in [-0.2, -0.15) is 0 Å². The van der Waals surface area contributed by atoms with E-state index >= 15 is 0 Å². The van der Waals surface area contributed by atoms with Gasteiger partial charge in [0.05, 0.1) is 6.04 Å². The largest absolute Gasteiger partial charge is 0.343 e. The molecular weight excluding hydrogens is 492 g/mol. The zero-order valence-corrected chi connectivity index (χ0v) is 26.5. The fourth-order valence-corrected chi connectivity index (χ4v) is 5.06. The average molecular weight is 545 g/mol. The van der Waals surface area contributed by atoms with Gasteiger partial charge in [0.2, 0.25) is 0 Å². The summed E-state index contributed by atoms with van der Waals surface area (Å²) in [6.07, 6.45) is 1.96. The topological polar surface area (TPSA) is 61.6 Å². The molecule has 0 saturated heterocycles. The molecule has 218 valence electrons. The van der Waals surface area contributed by atoms with Gasteiger partial charge < -0.3 is 20.9 Å². The molecule has 4 unspecified atom stereocenters. The van der Waals surface area contributed by atoms with Crippen LogP contribution in [-0.4, -0.2) is 55.0 Å². The molecule has 0 heterocycles. The standard InChI is InChI=1S/C22H30N2O.C13H22N2/c1-7-22(4,24(5)6)20(18-13-9-8-10-14-18)23-21(25)19-15-11-12-16(2)17(19)3;1-5-13(2,15(3)4)12(14)11-9-7-6-8-10-11/h8-15,20H,7H2,1-6H3,(H,23,25);6-10,12H,5,14H2,1-4H3. The van der Waals surface area contributed by atoms with Crippen LogP contribution < -0.4 is 11.1 Å². The van der Waals surface area contributed by atoms with E-state index in [4.69, 9.17) is 5.73 Å². The zero-order valence-electron chi connectivity index (χ0n) is 26.5. The Balaban J connectivity index is 0.000000319. The van der Waals surface area contributed by atoms with Gasteiger partial charge in [0.15, 0.2) is 0 Å². The number of rotatable bonds is 10. The molecule has 3 rings (SSSR count). The number of nitrogens with two attached hydrogens (primary N) is 1. The molecule has 5 nitrogen and oxygen atoms in total. The molecule has 0 saturated carbocycles. The molecule has 5 heteroatoms. The van der Waals surface area contributed by atoms with Crippen molar-refractivity contribution in [3.63, 3.8) is 0 Å². The van der Waals surface area contributed by atoms with E-state index in [1.807, 2.05) is 68.4 Å².